The van der Waals surface area contributed by atoms with Crippen molar-refractivity contribution >= 4 is 23.2 Å². The molecule has 138 valence electrons. The number of nitrogens with one attached hydrogen (secondary N) is 1. The maximum atomic E-state index is 11.7. The van der Waals surface area contributed by atoms with Gasteiger partial charge in [0.2, 0.25) is 0 Å². The third kappa shape index (κ3) is 3.60. The molecule has 0 spiro atoms. The Morgan fingerprint density at radius 1 is 1.27 bits per heavy atom. The van der Waals surface area contributed by atoms with E-state index in [9.17, 15) is 4.79 Å². The summed E-state index contributed by atoms with van der Waals surface area (Å²) in [4.78, 5) is 18.2. The zero-order valence-electron chi connectivity index (χ0n) is 15.6. The van der Waals surface area contributed by atoms with E-state index in [1.54, 1.807) is 6.07 Å². The minimum absolute atomic E-state index is 0.0620. The number of hydrogen-bond acceptors (Lipinski definition) is 7. The van der Waals surface area contributed by atoms with Gasteiger partial charge in [-0.05, 0) is 25.0 Å². The molecule has 5 N–H and O–H groups in total. The molecule has 1 amide bonds. The number of pyridine rings is 1. The van der Waals surface area contributed by atoms with Crippen molar-refractivity contribution in [2.75, 3.05) is 17.3 Å². The van der Waals surface area contributed by atoms with Crippen LogP contribution in [-0.4, -0.2) is 33.8 Å². The van der Waals surface area contributed by atoms with Crippen LogP contribution in [0.5, 0.6) is 0 Å². The van der Waals surface area contributed by atoms with E-state index in [4.69, 9.17) is 11.5 Å². The van der Waals surface area contributed by atoms with Crippen LogP contribution in [0.2, 0.25) is 0 Å². The molecule has 0 atom stereocenters. The second-order valence-electron chi connectivity index (χ2n) is 7.77. The smallest absolute Gasteiger partial charge is 0.271 e. The lowest BCUT2D eigenvalue weighted by atomic mass is 9.92. The van der Waals surface area contributed by atoms with Crippen LogP contribution in [0.15, 0.2) is 24.3 Å². The van der Waals surface area contributed by atoms with E-state index in [1.165, 1.54) is 0 Å². The Morgan fingerprint density at radius 3 is 2.54 bits per heavy atom. The Hall–Kier alpha value is -2.74. The first kappa shape index (κ1) is 18.1. The van der Waals surface area contributed by atoms with E-state index in [1.807, 2.05) is 30.1 Å². The Balaban J connectivity index is 1.96. The van der Waals surface area contributed by atoms with Gasteiger partial charge in [0.25, 0.3) is 5.91 Å². The van der Waals surface area contributed by atoms with Gasteiger partial charge in [0.1, 0.15) is 5.82 Å². The van der Waals surface area contributed by atoms with Crippen molar-refractivity contribution in [3.05, 3.63) is 35.7 Å². The first-order chi connectivity index (χ1) is 12.1. The molecule has 26 heavy (non-hydrogen) atoms. The topological polar surface area (TPSA) is 123 Å². The second-order valence-corrected chi connectivity index (χ2v) is 7.77. The fraction of sp³-hybridized carbons (Fsp3) is 0.444. The number of carbonyl (C=O) groups is 1. The highest BCUT2D eigenvalue weighted by Crippen LogP contribution is 2.38. The number of amides is 1. The molecule has 8 heteroatoms. The van der Waals surface area contributed by atoms with Crippen LogP contribution in [-0.2, 0) is 5.41 Å². The Bertz CT molecular complexity index is 840. The standard InChI is InChI=1S/C18H25N7O/c1-17(2,3)12-6-5-7-13(22-12)21-11-10-14(23-24-15(11)16(19)26)25(4)18(20)8-9-18/h5-7,10H,8-9,20H2,1-4H3,(H2,19,26)(H,21,22,23). The molecule has 1 saturated carbocycles. The molecule has 1 aliphatic rings. The molecular formula is C18H25N7O. The van der Waals surface area contributed by atoms with Gasteiger partial charge in [-0.2, -0.15) is 0 Å². The minimum atomic E-state index is -0.657. The number of primary amides is 1. The van der Waals surface area contributed by atoms with Crippen molar-refractivity contribution in [3.8, 4) is 0 Å². The van der Waals surface area contributed by atoms with Gasteiger partial charge in [0.05, 0.1) is 11.4 Å². The van der Waals surface area contributed by atoms with Crippen molar-refractivity contribution < 1.29 is 4.79 Å². The third-order valence-electron chi connectivity index (χ3n) is 4.57. The summed E-state index contributed by atoms with van der Waals surface area (Å²) in [5, 5.41) is 11.2. The van der Waals surface area contributed by atoms with Crippen molar-refractivity contribution in [2.24, 2.45) is 11.5 Å². The highest BCUT2D eigenvalue weighted by molar-refractivity contribution is 5.97. The largest absolute Gasteiger partial charge is 0.364 e. The van der Waals surface area contributed by atoms with Crippen LogP contribution in [0.4, 0.5) is 17.3 Å². The van der Waals surface area contributed by atoms with Gasteiger partial charge in [-0.15, -0.1) is 10.2 Å². The summed E-state index contributed by atoms with van der Waals surface area (Å²) < 4.78 is 0. The molecule has 0 radical (unpaired) electrons. The summed E-state index contributed by atoms with van der Waals surface area (Å²) in [6.45, 7) is 6.27. The van der Waals surface area contributed by atoms with Crippen molar-refractivity contribution in [1.82, 2.24) is 15.2 Å². The maximum absolute atomic E-state index is 11.7. The normalized spacial score (nSPS) is 15.4. The molecule has 2 heterocycles. The average Bonchev–Trinajstić information content (AvgIpc) is 3.32. The Labute approximate surface area is 153 Å². The molecule has 3 rings (SSSR count). The van der Waals surface area contributed by atoms with Gasteiger partial charge in [0, 0.05) is 24.2 Å². The highest BCUT2D eigenvalue weighted by Gasteiger charge is 2.43. The van der Waals surface area contributed by atoms with Crippen molar-refractivity contribution in [3.63, 3.8) is 0 Å². The molecule has 0 aromatic carbocycles. The van der Waals surface area contributed by atoms with Crippen LogP contribution in [0.25, 0.3) is 0 Å². The number of hydrogen-bond donors (Lipinski definition) is 3. The predicted molar refractivity (Wildman–Crippen MR) is 101 cm³/mol. The van der Waals surface area contributed by atoms with Gasteiger partial charge in [-0.1, -0.05) is 26.8 Å². The summed E-state index contributed by atoms with van der Waals surface area (Å²) in [5.41, 5.74) is 12.6. The van der Waals surface area contributed by atoms with Crippen LogP contribution < -0.4 is 21.7 Å². The van der Waals surface area contributed by atoms with Crippen LogP contribution in [0.3, 0.4) is 0 Å². The van der Waals surface area contributed by atoms with Crippen molar-refractivity contribution in [2.45, 2.75) is 44.7 Å². The molecule has 8 nitrogen and oxygen atoms in total. The highest BCUT2D eigenvalue weighted by atomic mass is 16.1. The summed E-state index contributed by atoms with van der Waals surface area (Å²) in [5.74, 6) is 0.523. The van der Waals surface area contributed by atoms with Gasteiger partial charge in [0.15, 0.2) is 11.5 Å². The summed E-state index contributed by atoms with van der Waals surface area (Å²) in [6, 6.07) is 7.44. The average molecular weight is 355 g/mol. The molecule has 1 aliphatic carbocycles. The number of anilines is 3. The third-order valence-corrected chi connectivity index (χ3v) is 4.57. The van der Waals surface area contributed by atoms with Crippen LogP contribution in [0, 0.1) is 0 Å². The zero-order valence-corrected chi connectivity index (χ0v) is 15.6. The van der Waals surface area contributed by atoms with E-state index in [0.717, 1.165) is 18.5 Å². The molecule has 0 bridgehead atoms. The lowest BCUT2D eigenvalue weighted by molar-refractivity contribution is 0.0995. The van der Waals surface area contributed by atoms with Gasteiger partial charge in [-0.25, -0.2) is 4.98 Å². The monoisotopic (exact) mass is 355 g/mol. The quantitative estimate of drug-likeness (QED) is 0.700. The Morgan fingerprint density at radius 2 is 1.96 bits per heavy atom. The number of nitrogens with two attached hydrogens (primary N) is 2. The van der Waals surface area contributed by atoms with E-state index in [2.05, 4.69) is 41.3 Å². The molecule has 2 aromatic heterocycles. The minimum Gasteiger partial charge on any atom is -0.364 e. The summed E-state index contributed by atoms with van der Waals surface area (Å²) >= 11 is 0. The lowest BCUT2D eigenvalue weighted by Crippen LogP contribution is -2.42. The van der Waals surface area contributed by atoms with E-state index < -0.39 is 11.6 Å². The van der Waals surface area contributed by atoms with Crippen LogP contribution >= 0.6 is 0 Å². The fourth-order valence-electron chi connectivity index (χ4n) is 2.57. The zero-order chi connectivity index (χ0) is 19.1. The van der Waals surface area contributed by atoms with Gasteiger partial charge >= 0.3 is 0 Å². The SMILES string of the molecule is CN(c1cc(Nc2cccc(C(C)(C)C)n2)c(C(N)=O)nn1)C1(N)CC1. The molecule has 2 aromatic rings. The van der Waals surface area contributed by atoms with Crippen molar-refractivity contribution in [1.29, 1.82) is 0 Å². The summed E-state index contributed by atoms with van der Waals surface area (Å²) in [6.07, 6.45) is 1.78. The molecule has 1 fully saturated rings. The molecular weight excluding hydrogens is 330 g/mol. The number of nitrogens with zero attached hydrogens (tertiary/aromatic N) is 4. The van der Waals surface area contributed by atoms with E-state index >= 15 is 0 Å². The first-order valence-electron chi connectivity index (χ1n) is 8.55. The van der Waals surface area contributed by atoms with Gasteiger partial charge < -0.3 is 21.7 Å². The first-order valence-corrected chi connectivity index (χ1v) is 8.55. The fourth-order valence-corrected chi connectivity index (χ4v) is 2.57. The van der Waals surface area contributed by atoms with Crippen LogP contribution in [0.1, 0.15) is 49.8 Å². The Kier molecular flexibility index (Phi) is 4.31. The number of carbonyl (C=O) groups excluding carboxylic acids is 1. The molecule has 0 aliphatic heterocycles. The van der Waals surface area contributed by atoms with E-state index in [0.29, 0.717) is 17.3 Å². The second kappa shape index (κ2) is 6.21. The molecule has 0 saturated heterocycles. The number of rotatable bonds is 5. The van der Waals surface area contributed by atoms with Gasteiger partial charge in [-0.3, -0.25) is 4.79 Å². The number of aromatic nitrogens is 3. The summed E-state index contributed by atoms with van der Waals surface area (Å²) in [7, 11) is 1.86. The predicted octanol–water partition coefficient (Wildman–Crippen LogP) is 1.90. The maximum Gasteiger partial charge on any atom is 0.271 e. The van der Waals surface area contributed by atoms with E-state index in [-0.39, 0.29) is 11.1 Å². The lowest BCUT2D eigenvalue weighted by Gasteiger charge is -2.25. The molecule has 0 unspecified atom stereocenters.